The fourth-order valence-electron chi connectivity index (χ4n) is 3.39. The van der Waals surface area contributed by atoms with Crippen molar-refractivity contribution >= 4 is 16.8 Å². The Bertz CT molecular complexity index is 765. The van der Waals surface area contributed by atoms with Gasteiger partial charge in [-0.25, -0.2) is 4.98 Å². The predicted molar refractivity (Wildman–Crippen MR) is 95.9 cm³/mol. The van der Waals surface area contributed by atoms with E-state index in [9.17, 15) is 4.79 Å². The molecule has 2 heterocycles. The van der Waals surface area contributed by atoms with Crippen LogP contribution in [0, 0.1) is 5.92 Å². The lowest BCUT2D eigenvalue weighted by Gasteiger charge is -2.32. The average molecular weight is 340 g/mol. The van der Waals surface area contributed by atoms with Gasteiger partial charge in [0.1, 0.15) is 0 Å². The van der Waals surface area contributed by atoms with Crippen LogP contribution in [0.25, 0.3) is 10.9 Å². The van der Waals surface area contributed by atoms with Gasteiger partial charge in [-0.2, -0.15) is 0 Å². The number of para-hydroxylation sites is 1. The molecule has 1 aliphatic carbocycles. The zero-order chi connectivity index (χ0) is 17.2. The monoisotopic (exact) mass is 340 g/mol. The Labute approximate surface area is 147 Å². The molecule has 25 heavy (non-hydrogen) atoms. The van der Waals surface area contributed by atoms with Crippen molar-refractivity contribution in [2.24, 2.45) is 5.92 Å². The van der Waals surface area contributed by atoms with Crippen LogP contribution in [0.1, 0.15) is 36.0 Å². The standard InChI is InChI=1S/C20H24N2O3/c1-24-19-12-17(16-4-2-3-5-18(16)21-19)20(23)22-10-8-15(9-11-22)25-13-14-6-7-14/h2-5,12,14-15H,6-11,13H2,1H3. The van der Waals surface area contributed by atoms with Gasteiger partial charge in [0.05, 0.1) is 24.3 Å². The molecule has 1 aromatic heterocycles. The van der Waals surface area contributed by atoms with Gasteiger partial charge in [-0.1, -0.05) is 18.2 Å². The van der Waals surface area contributed by atoms with Crippen molar-refractivity contribution in [1.82, 2.24) is 9.88 Å². The van der Waals surface area contributed by atoms with E-state index in [1.165, 1.54) is 12.8 Å². The summed E-state index contributed by atoms with van der Waals surface area (Å²) in [5, 5.41) is 0.875. The Hall–Kier alpha value is -2.14. The molecule has 1 aromatic carbocycles. The van der Waals surface area contributed by atoms with Gasteiger partial charge in [-0.3, -0.25) is 4.79 Å². The van der Waals surface area contributed by atoms with Crippen molar-refractivity contribution in [2.45, 2.75) is 31.8 Å². The quantitative estimate of drug-likeness (QED) is 0.838. The van der Waals surface area contributed by atoms with Crippen molar-refractivity contribution in [1.29, 1.82) is 0 Å². The summed E-state index contributed by atoms with van der Waals surface area (Å²) in [6, 6.07) is 9.46. The number of hydrogen-bond donors (Lipinski definition) is 0. The molecule has 132 valence electrons. The van der Waals surface area contributed by atoms with E-state index in [0.29, 0.717) is 17.5 Å². The van der Waals surface area contributed by atoms with Crippen LogP contribution in [0.2, 0.25) is 0 Å². The van der Waals surface area contributed by atoms with Gasteiger partial charge in [0.2, 0.25) is 5.88 Å². The number of methoxy groups -OCH3 is 1. The molecule has 0 atom stereocenters. The second-order valence-electron chi connectivity index (χ2n) is 7.00. The predicted octanol–water partition coefficient (Wildman–Crippen LogP) is 3.27. The average Bonchev–Trinajstić information content (AvgIpc) is 3.50. The van der Waals surface area contributed by atoms with Crippen LogP contribution in [-0.2, 0) is 4.74 Å². The number of carbonyl (C=O) groups is 1. The van der Waals surface area contributed by atoms with Gasteiger partial charge in [0, 0.05) is 31.1 Å². The molecule has 1 saturated heterocycles. The molecule has 0 N–H and O–H groups in total. The Morgan fingerprint density at radius 2 is 1.96 bits per heavy atom. The maximum Gasteiger partial charge on any atom is 0.254 e. The first-order valence-electron chi connectivity index (χ1n) is 9.09. The Morgan fingerprint density at radius 3 is 2.68 bits per heavy atom. The zero-order valence-corrected chi connectivity index (χ0v) is 14.6. The number of likely N-dealkylation sites (tertiary alicyclic amines) is 1. The number of ether oxygens (including phenoxy) is 2. The Kier molecular flexibility index (Phi) is 4.57. The molecule has 1 amide bonds. The Balaban J connectivity index is 1.48. The maximum absolute atomic E-state index is 13.1. The molecule has 2 fully saturated rings. The minimum atomic E-state index is 0.0533. The van der Waals surface area contributed by atoms with Crippen molar-refractivity contribution in [2.75, 3.05) is 26.8 Å². The second-order valence-corrected chi connectivity index (χ2v) is 7.00. The number of rotatable bonds is 5. The maximum atomic E-state index is 13.1. The van der Waals surface area contributed by atoms with Gasteiger partial charge < -0.3 is 14.4 Å². The lowest BCUT2D eigenvalue weighted by molar-refractivity contribution is 0.00415. The molecule has 5 heteroatoms. The fourth-order valence-corrected chi connectivity index (χ4v) is 3.39. The van der Waals surface area contributed by atoms with E-state index in [1.54, 1.807) is 13.2 Å². The number of aromatic nitrogens is 1. The molecular formula is C20H24N2O3. The van der Waals surface area contributed by atoms with Gasteiger partial charge in [-0.05, 0) is 37.7 Å². The summed E-state index contributed by atoms with van der Waals surface area (Å²) >= 11 is 0. The highest BCUT2D eigenvalue weighted by Gasteiger charge is 2.28. The van der Waals surface area contributed by atoms with Crippen LogP contribution in [0.15, 0.2) is 30.3 Å². The van der Waals surface area contributed by atoms with E-state index in [2.05, 4.69) is 4.98 Å². The van der Waals surface area contributed by atoms with Gasteiger partial charge in [0.15, 0.2) is 0 Å². The highest BCUT2D eigenvalue weighted by atomic mass is 16.5. The van der Waals surface area contributed by atoms with Crippen molar-refractivity contribution in [3.05, 3.63) is 35.9 Å². The van der Waals surface area contributed by atoms with Crippen LogP contribution in [0.5, 0.6) is 5.88 Å². The largest absolute Gasteiger partial charge is 0.481 e. The van der Waals surface area contributed by atoms with E-state index in [0.717, 1.165) is 49.4 Å². The van der Waals surface area contributed by atoms with Gasteiger partial charge >= 0.3 is 0 Å². The molecule has 0 radical (unpaired) electrons. The van der Waals surface area contributed by atoms with E-state index in [1.807, 2.05) is 29.2 Å². The lowest BCUT2D eigenvalue weighted by atomic mass is 10.0. The van der Waals surface area contributed by atoms with Gasteiger partial charge in [0.25, 0.3) is 5.91 Å². The normalized spacial score (nSPS) is 18.5. The third kappa shape index (κ3) is 3.61. The summed E-state index contributed by atoms with van der Waals surface area (Å²) in [7, 11) is 1.58. The third-order valence-corrected chi connectivity index (χ3v) is 5.13. The number of hydrogen-bond acceptors (Lipinski definition) is 4. The number of benzene rings is 1. The molecule has 1 saturated carbocycles. The summed E-state index contributed by atoms with van der Waals surface area (Å²) in [6.45, 7) is 2.38. The summed E-state index contributed by atoms with van der Waals surface area (Å²) < 4.78 is 11.3. The first-order chi connectivity index (χ1) is 12.2. The number of nitrogens with zero attached hydrogens (tertiary/aromatic N) is 2. The SMILES string of the molecule is COc1cc(C(=O)N2CCC(OCC3CC3)CC2)c2ccccc2n1. The minimum absolute atomic E-state index is 0.0533. The summed E-state index contributed by atoms with van der Waals surface area (Å²) in [5.41, 5.74) is 1.45. The molecule has 0 bridgehead atoms. The van der Waals surface area contributed by atoms with E-state index >= 15 is 0 Å². The van der Waals surface area contributed by atoms with E-state index < -0.39 is 0 Å². The first kappa shape index (κ1) is 16.3. The molecule has 5 nitrogen and oxygen atoms in total. The first-order valence-corrected chi connectivity index (χ1v) is 9.09. The highest BCUT2D eigenvalue weighted by molar-refractivity contribution is 6.06. The molecule has 2 aromatic rings. The lowest BCUT2D eigenvalue weighted by Crippen LogP contribution is -2.41. The molecule has 0 unspecified atom stereocenters. The minimum Gasteiger partial charge on any atom is -0.481 e. The zero-order valence-electron chi connectivity index (χ0n) is 14.6. The van der Waals surface area contributed by atoms with Crippen LogP contribution in [-0.4, -0.2) is 48.7 Å². The number of pyridine rings is 1. The number of carbonyl (C=O) groups excluding carboxylic acids is 1. The van der Waals surface area contributed by atoms with E-state index in [-0.39, 0.29) is 5.91 Å². The summed E-state index contributed by atoms with van der Waals surface area (Å²) in [5.74, 6) is 1.32. The number of fused-ring (bicyclic) bond motifs is 1. The highest BCUT2D eigenvalue weighted by Crippen LogP contribution is 2.30. The van der Waals surface area contributed by atoms with Crippen LogP contribution < -0.4 is 4.74 Å². The fraction of sp³-hybridized carbons (Fsp3) is 0.500. The van der Waals surface area contributed by atoms with Crippen LogP contribution >= 0.6 is 0 Å². The third-order valence-electron chi connectivity index (χ3n) is 5.13. The molecule has 0 spiro atoms. The van der Waals surface area contributed by atoms with Crippen molar-refractivity contribution in [3.63, 3.8) is 0 Å². The van der Waals surface area contributed by atoms with Crippen molar-refractivity contribution in [3.8, 4) is 5.88 Å². The van der Waals surface area contributed by atoms with E-state index in [4.69, 9.17) is 9.47 Å². The van der Waals surface area contributed by atoms with Crippen LogP contribution in [0.4, 0.5) is 0 Å². The molecular weight excluding hydrogens is 316 g/mol. The topological polar surface area (TPSA) is 51.7 Å². The summed E-state index contributed by atoms with van der Waals surface area (Å²) in [6.07, 6.45) is 4.76. The smallest absolute Gasteiger partial charge is 0.254 e. The van der Waals surface area contributed by atoms with Crippen molar-refractivity contribution < 1.29 is 14.3 Å². The molecule has 1 aliphatic heterocycles. The number of piperidine rings is 1. The van der Waals surface area contributed by atoms with Gasteiger partial charge in [-0.15, -0.1) is 0 Å². The molecule has 2 aliphatic rings. The Morgan fingerprint density at radius 1 is 1.20 bits per heavy atom. The van der Waals surface area contributed by atoms with Crippen LogP contribution in [0.3, 0.4) is 0 Å². The summed E-state index contributed by atoms with van der Waals surface area (Å²) in [4.78, 5) is 19.4. The second kappa shape index (κ2) is 7.00. The molecule has 4 rings (SSSR count). The number of amides is 1.